The van der Waals surface area contributed by atoms with Gasteiger partial charge in [0.25, 0.3) is 5.91 Å². The summed E-state index contributed by atoms with van der Waals surface area (Å²) in [6, 6.07) is 18.0. The van der Waals surface area contributed by atoms with E-state index in [0.29, 0.717) is 47.6 Å². The van der Waals surface area contributed by atoms with Crippen LogP contribution < -0.4 is 16.3 Å². The zero-order chi connectivity index (χ0) is 27.3. The van der Waals surface area contributed by atoms with Gasteiger partial charge in [-0.05, 0) is 54.0 Å². The first-order valence-corrected chi connectivity index (χ1v) is 13.1. The van der Waals surface area contributed by atoms with Gasteiger partial charge in [-0.25, -0.2) is 19.3 Å². The lowest BCUT2D eigenvalue weighted by Gasteiger charge is -2.19. The molecule has 7 rings (SSSR count). The number of aliphatic imine (C=N–C) groups is 1. The molecule has 0 radical (unpaired) electrons. The molecule has 2 N–H and O–H groups in total. The first-order chi connectivity index (χ1) is 19.5. The molecule has 10 nitrogen and oxygen atoms in total. The summed E-state index contributed by atoms with van der Waals surface area (Å²) in [5.74, 6) is 0.586. The number of hydrogen-bond acceptors (Lipinski definition) is 6. The Morgan fingerprint density at radius 1 is 0.950 bits per heavy atom. The monoisotopic (exact) mass is 531 g/mol. The third-order valence-electron chi connectivity index (χ3n) is 7.65. The SMILES string of the molecule is O=C(Cn1c(=O)n(-c2ccccn2)c2ccccc21)NC1C=C2CC3(CC2=CC1)N=C(c1ccccn1)NC3=O. The molecule has 4 heterocycles. The van der Waals surface area contributed by atoms with Gasteiger partial charge >= 0.3 is 5.69 Å². The first-order valence-electron chi connectivity index (χ1n) is 13.1. The molecule has 4 aromatic rings. The second kappa shape index (κ2) is 9.26. The maximum atomic E-state index is 13.4. The second-order valence-corrected chi connectivity index (χ2v) is 10.2. The van der Waals surface area contributed by atoms with Crippen LogP contribution in [-0.2, 0) is 16.1 Å². The fraction of sp³-hybridized carbons (Fsp3) is 0.200. The van der Waals surface area contributed by atoms with Crippen molar-refractivity contribution in [1.82, 2.24) is 29.7 Å². The van der Waals surface area contributed by atoms with Crippen molar-refractivity contribution in [3.63, 3.8) is 0 Å². The zero-order valence-corrected chi connectivity index (χ0v) is 21.4. The molecule has 40 heavy (non-hydrogen) atoms. The Morgan fingerprint density at radius 3 is 2.48 bits per heavy atom. The van der Waals surface area contributed by atoms with Gasteiger partial charge in [-0.2, -0.15) is 0 Å². The minimum absolute atomic E-state index is 0.125. The number of pyridine rings is 2. The number of amides is 2. The molecular formula is C30H25N7O3. The molecule has 1 aromatic carbocycles. The van der Waals surface area contributed by atoms with Crippen molar-refractivity contribution in [2.45, 2.75) is 37.4 Å². The van der Waals surface area contributed by atoms with Gasteiger partial charge in [-0.3, -0.25) is 19.1 Å². The molecule has 3 aliphatic rings. The number of aromatic nitrogens is 4. The van der Waals surface area contributed by atoms with Crippen molar-refractivity contribution >= 4 is 28.7 Å². The maximum absolute atomic E-state index is 13.4. The summed E-state index contributed by atoms with van der Waals surface area (Å²) in [5.41, 5.74) is 2.86. The molecule has 198 valence electrons. The number of hydrogen-bond donors (Lipinski definition) is 2. The van der Waals surface area contributed by atoms with Gasteiger partial charge in [0.1, 0.15) is 23.6 Å². The Balaban J connectivity index is 1.10. The number of fused-ring (bicyclic) bond motifs is 2. The molecule has 1 spiro atoms. The van der Waals surface area contributed by atoms with E-state index in [9.17, 15) is 14.4 Å². The summed E-state index contributed by atoms with van der Waals surface area (Å²) in [6.07, 6.45) is 8.98. The van der Waals surface area contributed by atoms with E-state index in [1.54, 1.807) is 24.5 Å². The van der Waals surface area contributed by atoms with Crippen molar-refractivity contribution < 1.29 is 9.59 Å². The third-order valence-corrected chi connectivity index (χ3v) is 7.65. The molecule has 2 aliphatic carbocycles. The Kier molecular flexibility index (Phi) is 5.55. The normalized spacial score (nSPS) is 21.6. The molecule has 2 amide bonds. The number of nitrogens with zero attached hydrogens (tertiary/aromatic N) is 5. The van der Waals surface area contributed by atoms with Crippen LogP contribution in [-0.4, -0.2) is 48.3 Å². The van der Waals surface area contributed by atoms with Crippen molar-refractivity contribution in [3.8, 4) is 5.82 Å². The van der Waals surface area contributed by atoms with Gasteiger partial charge in [0.05, 0.1) is 17.1 Å². The van der Waals surface area contributed by atoms with E-state index in [1.807, 2.05) is 54.6 Å². The van der Waals surface area contributed by atoms with Crippen LogP contribution >= 0.6 is 0 Å². The summed E-state index contributed by atoms with van der Waals surface area (Å²) < 4.78 is 2.99. The Bertz CT molecular complexity index is 1820. The minimum atomic E-state index is -0.885. The van der Waals surface area contributed by atoms with E-state index in [4.69, 9.17) is 4.99 Å². The van der Waals surface area contributed by atoms with E-state index in [1.165, 1.54) is 9.13 Å². The van der Waals surface area contributed by atoms with Gasteiger partial charge in [-0.1, -0.05) is 36.4 Å². The predicted octanol–water partition coefficient (Wildman–Crippen LogP) is 2.43. The molecule has 1 fully saturated rings. The minimum Gasteiger partial charge on any atom is -0.348 e. The molecule has 3 aromatic heterocycles. The summed E-state index contributed by atoms with van der Waals surface area (Å²) in [7, 11) is 0. The van der Waals surface area contributed by atoms with E-state index in [0.717, 1.165) is 11.1 Å². The number of rotatable bonds is 5. The summed E-state index contributed by atoms with van der Waals surface area (Å²) in [5, 5.41) is 5.96. The molecule has 0 bridgehead atoms. The van der Waals surface area contributed by atoms with Gasteiger partial charge in [-0.15, -0.1) is 0 Å². The highest BCUT2D eigenvalue weighted by molar-refractivity contribution is 6.15. The zero-order valence-electron chi connectivity index (χ0n) is 21.4. The smallest absolute Gasteiger partial charge is 0.335 e. The molecule has 1 aliphatic heterocycles. The average Bonchev–Trinajstić information content (AvgIpc) is 3.60. The van der Waals surface area contributed by atoms with Crippen molar-refractivity contribution in [2.24, 2.45) is 4.99 Å². The van der Waals surface area contributed by atoms with E-state index < -0.39 is 5.54 Å². The van der Waals surface area contributed by atoms with Crippen molar-refractivity contribution in [2.75, 3.05) is 0 Å². The molecule has 2 unspecified atom stereocenters. The molecular weight excluding hydrogens is 506 g/mol. The molecule has 0 saturated heterocycles. The largest absolute Gasteiger partial charge is 0.348 e. The van der Waals surface area contributed by atoms with Crippen LogP contribution in [0, 0.1) is 0 Å². The maximum Gasteiger partial charge on any atom is 0.335 e. The topological polar surface area (TPSA) is 123 Å². The Hall–Kier alpha value is -5.12. The van der Waals surface area contributed by atoms with Crippen LogP contribution in [0.3, 0.4) is 0 Å². The lowest BCUT2D eigenvalue weighted by atomic mass is 9.97. The van der Waals surface area contributed by atoms with Gasteiger partial charge in [0.2, 0.25) is 5.91 Å². The van der Waals surface area contributed by atoms with Crippen LogP contribution in [0.25, 0.3) is 16.9 Å². The molecule has 2 atom stereocenters. The number of para-hydroxylation sites is 2. The summed E-state index contributed by atoms with van der Waals surface area (Å²) in [4.78, 5) is 53.0. The van der Waals surface area contributed by atoms with Crippen molar-refractivity contribution in [1.29, 1.82) is 0 Å². The molecule has 10 heteroatoms. The number of imidazole rings is 1. The highest BCUT2D eigenvalue weighted by Gasteiger charge is 2.50. The first kappa shape index (κ1) is 24.0. The average molecular weight is 532 g/mol. The van der Waals surface area contributed by atoms with Crippen molar-refractivity contribution in [3.05, 3.63) is 113 Å². The van der Waals surface area contributed by atoms with E-state index >= 15 is 0 Å². The summed E-state index contributed by atoms with van der Waals surface area (Å²) in [6.45, 7) is -0.125. The van der Waals surface area contributed by atoms with E-state index in [2.05, 4.69) is 26.7 Å². The standard InChI is InChI=1S/C30H25N7O3/c38-26(18-36-23-8-1-2-9-24(23)37(29(36)40)25-10-4-6-14-32-25)33-21-12-11-19-16-30(17-20(19)15-21)28(39)34-27(35-30)22-7-3-5-13-31-22/h1-11,13-15,21H,12,16-18H2,(H,33,38)(H,34,35,39). The number of nitrogens with one attached hydrogen (secondary N) is 2. The number of benzene rings is 1. The number of carbonyl (C=O) groups excluding carboxylic acids is 2. The van der Waals surface area contributed by atoms with Gasteiger partial charge < -0.3 is 10.6 Å². The van der Waals surface area contributed by atoms with Crippen LogP contribution in [0.2, 0.25) is 0 Å². The van der Waals surface area contributed by atoms with Gasteiger partial charge in [0.15, 0.2) is 5.84 Å². The molecule has 1 saturated carbocycles. The van der Waals surface area contributed by atoms with Crippen LogP contribution in [0.4, 0.5) is 0 Å². The van der Waals surface area contributed by atoms with E-state index in [-0.39, 0.29) is 30.1 Å². The van der Waals surface area contributed by atoms with Gasteiger partial charge in [0, 0.05) is 25.2 Å². The predicted molar refractivity (Wildman–Crippen MR) is 149 cm³/mol. The fourth-order valence-electron chi connectivity index (χ4n) is 5.81. The van der Waals surface area contributed by atoms with Crippen LogP contribution in [0.1, 0.15) is 25.0 Å². The van der Waals surface area contributed by atoms with Crippen LogP contribution in [0.5, 0.6) is 0 Å². The quantitative estimate of drug-likeness (QED) is 0.410. The summed E-state index contributed by atoms with van der Waals surface area (Å²) >= 11 is 0. The lowest BCUT2D eigenvalue weighted by molar-refractivity contribution is -0.123. The van der Waals surface area contributed by atoms with Crippen LogP contribution in [0.15, 0.2) is 106 Å². The number of carbonyl (C=O) groups is 2. The highest BCUT2D eigenvalue weighted by Crippen LogP contribution is 2.45. The third kappa shape index (κ3) is 3.96. The highest BCUT2D eigenvalue weighted by atomic mass is 16.2. The Morgan fingerprint density at radius 2 is 1.70 bits per heavy atom. The lowest BCUT2D eigenvalue weighted by Crippen LogP contribution is -2.38. The number of amidine groups is 1. The Labute approximate surface area is 228 Å². The fourth-order valence-corrected chi connectivity index (χ4v) is 5.81. The second-order valence-electron chi connectivity index (χ2n) is 10.2.